The Morgan fingerprint density at radius 3 is 2.70 bits per heavy atom. The Hall–Kier alpha value is -3.37. The van der Waals surface area contributed by atoms with E-state index in [0.717, 1.165) is 10.5 Å². The van der Waals surface area contributed by atoms with Crippen LogP contribution in [0.2, 0.25) is 0 Å². The van der Waals surface area contributed by atoms with Crippen molar-refractivity contribution in [3.63, 3.8) is 0 Å². The van der Waals surface area contributed by atoms with Crippen LogP contribution in [0.5, 0.6) is 5.75 Å². The highest BCUT2D eigenvalue weighted by Crippen LogP contribution is 2.30. The molecule has 2 aromatic heterocycles. The largest absolute Gasteiger partial charge is 0.497 e. The minimum Gasteiger partial charge on any atom is -0.497 e. The van der Waals surface area contributed by atoms with Crippen molar-refractivity contribution in [2.45, 2.75) is 24.9 Å². The summed E-state index contributed by atoms with van der Waals surface area (Å²) in [7, 11) is 1.58. The first-order valence-electron chi connectivity index (χ1n) is 9.06. The Balaban J connectivity index is 1.40. The predicted molar refractivity (Wildman–Crippen MR) is 95.6 cm³/mol. The number of benzene rings is 1. The molecule has 1 fully saturated rings. The van der Waals surface area contributed by atoms with E-state index in [4.69, 9.17) is 13.7 Å². The lowest BCUT2D eigenvalue weighted by Crippen LogP contribution is -2.35. The molecule has 3 heterocycles. The molecule has 0 radical (unpaired) electrons. The molecule has 30 heavy (non-hydrogen) atoms. The molecule has 1 aliphatic heterocycles. The maximum Gasteiger partial charge on any atom is 0.406 e. The Morgan fingerprint density at radius 2 is 2.00 bits per heavy atom. The van der Waals surface area contributed by atoms with Gasteiger partial charge in [0.1, 0.15) is 18.6 Å². The van der Waals surface area contributed by atoms with Gasteiger partial charge in [-0.3, -0.25) is 4.79 Å². The fourth-order valence-electron chi connectivity index (χ4n) is 3.23. The molecular formula is C19H17F3N4O4. The summed E-state index contributed by atoms with van der Waals surface area (Å²) in [5.41, 5.74) is 1.33. The molecule has 0 aliphatic carbocycles. The zero-order valence-corrected chi connectivity index (χ0v) is 15.8. The average molecular weight is 422 g/mol. The summed E-state index contributed by atoms with van der Waals surface area (Å²) in [5, 5.41) is 3.85. The number of halogens is 3. The first-order chi connectivity index (χ1) is 14.3. The zero-order valence-electron chi connectivity index (χ0n) is 15.8. The van der Waals surface area contributed by atoms with Gasteiger partial charge in [0, 0.05) is 18.5 Å². The molecule has 1 atom stereocenters. The van der Waals surface area contributed by atoms with Crippen LogP contribution in [0.15, 0.2) is 39.5 Å². The summed E-state index contributed by atoms with van der Waals surface area (Å²) in [6.07, 6.45) is -2.85. The van der Waals surface area contributed by atoms with Crippen LogP contribution >= 0.6 is 0 Å². The second-order valence-corrected chi connectivity index (χ2v) is 6.89. The number of carbonyl (C=O) groups is 1. The Labute approximate surface area is 168 Å². The van der Waals surface area contributed by atoms with Crippen molar-refractivity contribution in [2.24, 2.45) is 0 Å². The minimum absolute atomic E-state index is 0.0940. The highest BCUT2D eigenvalue weighted by molar-refractivity contribution is 5.79. The topological polar surface area (TPSA) is 94.5 Å². The van der Waals surface area contributed by atoms with Gasteiger partial charge in [0.15, 0.2) is 5.82 Å². The summed E-state index contributed by atoms with van der Waals surface area (Å²) < 4.78 is 53.4. The van der Waals surface area contributed by atoms with E-state index in [9.17, 15) is 18.0 Å². The third-order valence-electron chi connectivity index (χ3n) is 4.65. The van der Waals surface area contributed by atoms with E-state index < -0.39 is 24.5 Å². The van der Waals surface area contributed by atoms with Crippen molar-refractivity contribution < 1.29 is 31.6 Å². The van der Waals surface area contributed by atoms with Gasteiger partial charge in [-0.15, -0.1) is 0 Å². The molecule has 1 aliphatic rings. The molecular weight excluding hydrogens is 405 g/mol. The van der Waals surface area contributed by atoms with Crippen molar-refractivity contribution in [1.82, 2.24) is 20.0 Å². The number of hydrogen-bond acceptors (Lipinski definition) is 7. The van der Waals surface area contributed by atoms with E-state index >= 15 is 0 Å². The number of oxazole rings is 1. The maximum absolute atomic E-state index is 12.6. The second-order valence-electron chi connectivity index (χ2n) is 6.89. The normalized spacial score (nSPS) is 17.0. The summed E-state index contributed by atoms with van der Waals surface area (Å²) >= 11 is 0. The van der Waals surface area contributed by atoms with Crippen molar-refractivity contribution in [3.05, 3.63) is 47.9 Å². The van der Waals surface area contributed by atoms with Crippen molar-refractivity contribution >= 4 is 5.91 Å². The quantitative estimate of drug-likeness (QED) is 0.602. The van der Waals surface area contributed by atoms with E-state index in [1.165, 1.54) is 6.26 Å². The molecule has 1 aromatic carbocycles. The van der Waals surface area contributed by atoms with Gasteiger partial charge in [-0.2, -0.15) is 18.2 Å². The number of methoxy groups -OCH3 is 1. The van der Waals surface area contributed by atoms with Crippen LogP contribution in [0.25, 0.3) is 11.5 Å². The smallest absolute Gasteiger partial charge is 0.406 e. The standard InChI is InChI=1S/C19H17F3N4O4/c1-28-14-4-2-11(3-5-14)17-23-13(9-29-17)7-15-24-18(30-25-15)12-6-16(27)26(8-12)10-19(20,21)22/h2-5,9,12H,6-8,10H2,1H3. The molecule has 1 saturated heterocycles. The zero-order chi connectivity index (χ0) is 21.3. The molecule has 8 nitrogen and oxygen atoms in total. The molecule has 11 heteroatoms. The first kappa shape index (κ1) is 19.9. The van der Waals surface area contributed by atoms with Gasteiger partial charge in [-0.25, -0.2) is 4.98 Å². The Kier molecular flexibility index (Phi) is 5.18. The summed E-state index contributed by atoms with van der Waals surface area (Å²) in [4.78, 5) is 21.2. The summed E-state index contributed by atoms with van der Waals surface area (Å²) in [6, 6.07) is 7.20. The van der Waals surface area contributed by atoms with Gasteiger partial charge >= 0.3 is 6.18 Å². The maximum atomic E-state index is 12.6. The number of alkyl halides is 3. The Morgan fingerprint density at radius 1 is 1.23 bits per heavy atom. The van der Waals surface area contributed by atoms with Gasteiger partial charge in [0.2, 0.25) is 17.7 Å². The van der Waals surface area contributed by atoms with Crippen LogP contribution in [0.4, 0.5) is 13.2 Å². The fraction of sp³-hybridized carbons (Fsp3) is 0.368. The number of amides is 1. The van der Waals surface area contributed by atoms with Crippen LogP contribution in [-0.2, 0) is 11.2 Å². The third kappa shape index (κ3) is 4.44. The molecule has 0 N–H and O–H groups in total. The van der Waals surface area contributed by atoms with Crippen LogP contribution in [0.1, 0.15) is 29.7 Å². The van der Waals surface area contributed by atoms with Gasteiger partial charge in [0.05, 0.1) is 25.1 Å². The Bertz CT molecular complexity index is 1030. The SMILES string of the molecule is COc1ccc(-c2nc(Cc3noc(C4CC(=O)N(CC(F)(F)F)C4)n3)co2)cc1. The molecule has 0 saturated carbocycles. The van der Waals surface area contributed by atoms with Gasteiger partial charge in [-0.1, -0.05) is 5.16 Å². The van der Waals surface area contributed by atoms with Gasteiger partial charge in [-0.05, 0) is 24.3 Å². The molecule has 1 unspecified atom stereocenters. The average Bonchev–Trinajstić information content (AvgIpc) is 3.42. The number of aromatic nitrogens is 3. The molecule has 4 rings (SSSR count). The van der Waals surface area contributed by atoms with Crippen LogP contribution in [0, 0.1) is 0 Å². The molecule has 3 aromatic rings. The fourth-order valence-corrected chi connectivity index (χ4v) is 3.23. The number of hydrogen-bond donors (Lipinski definition) is 0. The number of rotatable bonds is 6. The highest BCUT2D eigenvalue weighted by Gasteiger charge is 2.40. The van der Waals surface area contributed by atoms with E-state index in [0.29, 0.717) is 23.2 Å². The minimum atomic E-state index is -4.45. The van der Waals surface area contributed by atoms with Crippen molar-refractivity contribution in [1.29, 1.82) is 0 Å². The molecule has 0 bridgehead atoms. The lowest BCUT2D eigenvalue weighted by molar-refractivity contribution is -0.157. The number of ether oxygens (including phenoxy) is 1. The summed E-state index contributed by atoms with van der Waals surface area (Å²) in [5.74, 6) is 0.429. The number of carbonyl (C=O) groups excluding carboxylic acids is 1. The van der Waals surface area contributed by atoms with Gasteiger partial charge in [0.25, 0.3) is 0 Å². The number of likely N-dealkylation sites (tertiary alicyclic amines) is 1. The first-order valence-corrected chi connectivity index (χ1v) is 9.06. The van der Waals surface area contributed by atoms with E-state index in [1.807, 2.05) is 12.1 Å². The van der Waals surface area contributed by atoms with E-state index in [2.05, 4.69) is 15.1 Å². The molecule has 0 spiro atoms. The van der Waals surface area contributed by atoms with Crippen molar-refractivity contribution in [3.8, 4) is 17.2 Å². The lowest BCUT2D eigenvalue weighted by Gasteiger charge is -2.17. The van der Waals surface area contributed by atoms with Crippen LogP contribution in [-0.4, -0.2) is 52.3 Å². The summed E-state index contributed by atoms with van der Waals surface area (Å²) in [6.45, 7) is -1.39. The second kappa shape index (κ2) is 7.81. The highest BCUT2D eigenvalue weighted by atomic mass is 19.4. The number of nitrogens with zero attached hydrogens (tertiary/aromatic N) is 4. The van der Waals surface area contributed by atoms with Crippen molar-refractivity contribution in [2.75, 3.05) is 20.2 Å². The molecule has 1 amide bonds. The van der Waals surface area contributed by atoms with Crippen LogP contribution in [0.3, 0.4) is 0 Å². The van der Waals surface area contributed by atoms with Gasteiger partial charge < -0.3 is 18.6 Å². The molecule has 158 valence electrons. The van der Waals surface area contributed by atoms with Crippen LogP contribution < -0.4 is 4.74 Å². The predicted octanol–water partition coefficient (Wildman–Crippen LogP) is 3.20. The van der Waals surface area contributed by atoms with E-state index in [-0.39, 0.29) is 25.3 Å². The van der Waals surface area contributed by atoms with E-state index in [1.54, 1.807) is 19.2 Å². The monoisotopic (exact) mass is 422 g/mol. The lowest BCUT2D eigenvalue weighted by atomic mass is 10.1. The third-order valence-corrected chi connectivity index (χ3v) is 4.65.